The molecule has 1 unspecified atom stereocenters. The first kappa shape index (κ1) is 14.6. The minimum Gasteiger partial charge on any atom is -0.447 e. The fraction of sp³-hybridized carbons (Fsp3) is 0.917. The molecule has 0 aromatic carbocycles. The van der Waals surface area contributed by atoms with E-state index in [0.717, 1.165) is 25.9 Å². The number of hydrogen-bond donors (Lipinski definition) is 2. The molecule has 0 radical (unpaired) electrons. The third-order valence-electron chi connectivity index (χ3n) is 3.18. The fourth-order valence-corrected chi connectivity index (χ4v) is 2.24. The Labute approximate surface area is 109 Å². The van der Waals surface area contributed by atoms with Gasteiger partial charge in [-0.15, -0.1) is 0 Å². The van der Waals surface area contributed by atoms with Crippen molar-refractivity contribution in [1.29, 1.82) is 0 Å². The van der Waals surface area contributed by atoms with Crippen molar-refractivity contribution >= 4 is 18.7 Å². The summed E-state index contributed by atoms with van der Waals surface area (Å²) in [4.78, 5) is 13.9. The van der Waals surface area contributed by atoms with Gasteiger partial charge in [0, 0.05) is 24.0 Å². The minimum atomic E-state index is -0.310. The van der Waals surface area contributed by atoms with Gasteiger partial charge in [-0.1, -0.05) is 0 Å². The number of alkyl carbamates (subject to hydrolysis) is 1. The maximum absolute atomic E-state index is 11.6. The summed E-state index contributed by atoms with van der Waals surface area (Å²) in [7, 11) is 0. The molecule has 1 atom stereocenters. The molecule has 0 spiro atoms. The number of carbonyl (C=O) groups is 1. The van der Waals surface area contributed by atoms with Gasteiger partial charge in [0.05, 0.1) is 6.10 Å². The van der Waals surface area contributed by atoms with E-state index in [1.165, 1.54) is 0 Å². The molecule has 4 nitrogen and oxygen atoms in total. The normalized spacial score (nSPS) is 22.2. The molecule has 1 saturated heterocycles. The lowest BCUT2D eigenvalue weighted by atomic mass is 9.90. The minimum absolute atomic E-state index is 0.0730. The van der Waals surface area contributed by atoms with Crippen molar-refractivity contribution in [1.82, 2.24) is 10.2 Å². The standard InChI is InChI=1S/C12H24N2O2S/c1-9(2)16-11(15)13-12(4)5-7-14(8-6-12)10(3)17/h9-10,17H,5-8H2,1-4H3,(H,13,15). The van der Waals surface area contributed by atoms with Crippen LogP contribution < -0.4 is 5.32 Å². The van der Waals surface area contributed by atoms with Crippen LogP contribution in [-0.4, -0.2) is 41.1 Å². The molecule has 0 aliphatic carbocycles. The molecule has 0 aromatic heterocycles. The predicted octanol–water partition coefficient (Wildman–Crippen LogP) is 2.25. The van der Waals surface area contributed by atoms with Crippen molar-refractivity contribution in [2.45, 2.75) is 57.6 Å². The quantitative estimate of drug-likeness (QED) is 0.765. The summed E-state index contributed by atoms with van der Waals surface area (Å²) in [6.07, 6.45) is 1.49. The van der Waals surface area contributed by atoms with Gasteiger partial charge in [-0.3, -0.25) is 4.90 Å². The average Bonchev–Trinajstić information content (AvgIpc) is 2.15. The summed E-state index contributed by atoms with van der Waals surface area (Å²) >= 11 is 4.43. The van der Waals surface area contributed by atoms with Crippen molar-refractivity contribution in [2.24, 2.45) is 0 Å². The van der Waals surface area contributed by atoms with E-state index in [2.05, 4.69) is 36.7 Å². The van der Waals surface area contributed by atoms with Crippen molar-refractivity contribution in [3.8, 4) is 0 Å². The maximum Gasteiger partial charge on any atom is 0.407 e. The van der Waals surface area contributed by atoms with Gasteiger partial charge in [0.25, 0.3) is 0 Å². The average molecular weight is 260 g/mol. The Morgan fingerprint density at radius 1 is 1.35 bits per heavy atom. The number of ether oxygens (including phenoxy) is 1. The summed E-state index contributed by atoms with van der Waals surface area (Å²) in [5.74, 6) is 0. The van der Waals surface area contributed by atoms with Crippen molar-refractivity contribution in [3.63, 3.8) is 0 Å². The molecular formula is C12H24N2O2S. The van der Waals surface area contributed by atoms with E-state index in [9.17, 15) is 4.79 Å². The molecule has 0 aromatic rings. The second-order valence-corrected chi connectivity index (χ2v) is 6.05. The Bertz CT molecular complexity index is 261. The van der Waals surface area contributed by atoms with Crippen molar-refractivity contribution < 1.29 is 9.53 Å². The molecule has 1 aliphatic rings. The molecule has 5 heteroatoms. The summed E-state index contributed by atoms with van der Waals surface area (Å²) in [5.41, 5.74) is -0.148. The largest absolute Gasteiger partial charge is 0.447 e. The molecule has 0 bridgehead atoms. The van der Waals surface area contributed by atoms with Gasteiger partial charge in [-0.2, -0.15) is 12.6 Å². The first-order valence-electron chi connectivity index (χ1n) is 6.23. The van der Waals surface area contributed by atoms with Gasteiger partial charge in [-0.05, 0) is 40.5 Å². The van der Waals surface area contributed by atoms with E-state index < -0.39 is 0 Å². The lowest BCUT2D eigenvalue weighted by Gasteiger charge is -2.41. The van der Waals surface area contributed by atoms with Crippen LogP contribution in [0.1, 0.15) is 40.5 Å². The predicted molar refractivity (Wildman–Crippen MR) is 72.4 cm³/mol. The van der Waals surface area contributed by atoms with Crippen LogP contribution in [-0.2, 0) is 4.74 Å². The molecule has 1 aliphatic heterocycles. The number of likely N-dealkylation sites (tertiary alicyclic amines) is 1. The number of thiol groups is 1. The van der Waals surface area contributed by atoms with E-state index in [0.29, 0.717) is 0 Å². The topological polar surface area (TPSA) is 41.6 Å². The van der Waals surface area contributed by atoms with Crippen LogP contribution in [0.4, 0.5) is 4.79 Å². The second-order valence-electron chi connectivity index (χ2n) is 5.31. The molecule has 1 heterocycles. The first-order chi connectivity index (χ1) is 7.82. The molecule has 100 valence electrons. The number of carbonyl (C=O) groups excluding carboxylic acids is 1. The van der Waals surface area contributed by atoms with Gasteiger partial charge in [0.15, 0.2) is 0 Å². The van der Waals surface area contributed by atoms with Crippen molar-refractivity contribution in [2.75, 3.05) is 13.1 Å². The maximum atomic E-state index is 11.6. The van der Waals surface area contributed by atoms with Crippen molar-refractivity contribution in [3.05, 3.63) is 0 Å². The highest BCUT2D eigenvalue weighted by Gasteiger charge is 2.32. The van der Waals surface area contributed by atoms with Gasteiger partial charge >= 0.3 is 6.09 Å². The molecule has 1 rings (SSSR count). The lowest BCUT2D eigenvalue weighted by molar-refractivity contribution is 0.0890. The van der Waals surface area contributed by atoms with E-state index >= 15 is 0 Å². The number of hydrogen-bond acceptors (Lipinski definition) is 4. The van der Waals surface area contributed by atoms with Crippen LogP contribution >= 0.6 is 12.6 Å². The number of piperidine rings is 1. The van der Waals surface area contributed by atoms with Crippen LogP contribution in [0.15, 0.2) is 0 Å². The van der Waals surface area contributed by atoms with Gasteiger partial charge < -0.3 is 10.1 Å². The van der Waals surface area contributed by atoms with Crippen LogP contribution in [0.2, 0.25) is 0 Å². The van der Waals surface area contributed by atoms with Gasteiger partial charge in [-0.25, -0.2) is 4.79 Å². The number of nitrogens with one attached hydrogen (secondary N) is 1. The Balaban J connectivity index is 2.41. The fourth-order valence-electron chi connectivity index (χ4n) is 2.01. The molecule has 17 heavy (non-hydrogen) atoms. The highest BCUT2D eigenvalue weighted by Crippen LogP contribution is 2.23. The zero-order chi connectivity index (χ0) is 13.1. The van der Waals surface area contributed by atoms with Crippen LogP contribution in [0.25, 0.3) is 0 Å². The highest BCUT2D eigenvalue weighted by molar-refractivity contribution is 7.80. The number of nitrogens with zero attached hydrogens (tertiary/aromatic N) is 1. The monoisotopic (exact) mass is 260 g/mol. The van der Waals surface area contributed by atoms with Gasteiger partial charge in [0.1, 0.15) is 0 Å². The SMILES string of the molecule is CC(C)OC(=O)NC1(C)CCN(C(C)S)CC1. The number of rotatable bonds is 3. The third kappa shape index (κ3) is 4.76. The Morgan fingerprint density at radius 3 is 2.29 bits per heavy atom. The lowest BCUT2D eigenvalue weighted by Crippen LogP contribution is -2.54. The van der Waals surface area contributed by atoms with E-state index in [1.807, 2.05) is 13.8 Å². The van der Waals surface area contributed by atoms with E-state index in [1.54, 1.807) is 0 Å². The van der Waals surface area contributed by atoms with Crippen LogP contribution in [0.5, 0.6) is 0 Å². The second kappa shape index (κ2) is 5.96. The van der Waals surface area contributed by atoms with E-state index in [4.69, 9.17) is 4.74 Å². The Hall–Kier alpha value is -0.420. The summed E-state index contributed by atoms with van der Waals surface area (Å²) in [6.45, 7) is 9.79. The van der Waals surface area contributed by atoms with Crippen LogP contribution in [0.3, 0.4) is 0 Å². The molecule has 1 N–H and O–H groups in total. The van der Waals surface area contributed by atoms with E-state index in [-0.39, 0.29) is 23.1 Å². The molecule has 0 saturated carbocycles. The zero-order valence-corrected chi connectivity index (χ0v) is 12.1. The Kier molecular flexibility index (Phi) is 5.13. The summed E-state index contributed by atoms with van der Waals surface area (Å²) < 4.78 is 5.11. The summed E-state index contributed by atoms with van der Waals surface area (Å²) in [5, 5.41) is 3.25. The Morgan fingerprint density at radius 2 is 1.88 bits per heavy atom. The zero-order valence-electron chi connectivity index (χ0n) is 11.2. The molecule has 1 fully saturated rings. The molecular weight excluding hydrogens is 236 g/mol. The van der Waals surface area contributed by atoms with Crippen LogP contribution in [0, 0.1) is 0 Å². The number of amides is 1. The highest BCUT2D eigenvalue weighted by atomic mass is 32.1. The summed E-state index contributed by atoms with van der Waals surface area (Å²) in [6, 6.07) is 0. The van der Waals surface area contributed by atoms with Gasteiger partial charge in [0.2, 0.25) is 0 Å². The third-order valence-corrected chi connectivity index (χ3v) is 3.50. The smallest absolute Gasteiger partial charge is 0.407 e. The first-order valence-corrected chi connectivity index (χ1v) is 6.75. The molecule has 1 amide bonds.